The summed E-state index contributed by atoms with van der Waals surface area (Å²) in [4.78, 5) is 24.3. The molecule has 0 aromatic carbocycles. The molecule has 0 rings (SSSR count). The zero-order chi connectivity index (χ0) is 40.2. The Labute approximate surface area is 305 Å². The summed E-state index contributed by atoms with van der Waals surface area (Å²) < 4.78 is 147. The van der Waals surface area contributed by atoms with Gasteiger partial charge in [0.2, 0.25) is 0 Å². The highest BCUT2D eigenvalue weighted by Gasteiger charge is 2.57. The number of hydrogen-bond donors (Lipinski definition) is 1. The van der Waals surface area contributed by atoms with E-state index in [1.165, 1.54) is 19.3 Å². The van der Waals surface area contributed by atoms with E-state index in [4.69, 9.17) is 18.9 Å². The minimum Gasteiger partial charge on any atom is -0.465 e. The second-order valence-corrected chi connectivity index (χ2v) is 12.7. The fraction of sp³-hybridized carbons (Fsp3) is 0.833. The van der Waals surface area contributed by atoms with Crippen molar-refractivity contribution in [2.24, 2.45) is 5.92 Å². The number of alkyl halides is 10. The molecule has 1 unspecified atom stereocenters. The highest BCUT2D eigenvalue weighted by molar-refractivity contribution is 5.69. The molecular weight excluding hydrogens is 734 g/mol. The van der Waals surface area contributed by atoms with E-state index < -0.39 is 107 Å². The maximum absolute atomic E-state index is 13.1. The SMILES string of the molecule is CCCCC/C=C\C/C=C\CCCCCCCC(=O)OCC(CO)COC(=O)CCC(OCCCC(F)(F)C(F)(F)F)OCCCC(F)(F)C(F)(F)F. The van der Waals surface area contributed by atoms with Crippen LogP contribution in [0.3, 0.4) is 0 Å². The van der Waals surface area contributed by atoms with E-state index in [1.54, 1.807) is 0 Å². The Hall–Kier alpha value is -2.40. The predicted octanol–water partition coefficient (Wildman–Crippen LogP) is 10.6. The van der Waals surface area contributed by atoms with Gasteiger partial charge < -0.3 is 24.1 Å². The number of unbranched alkanes of at least 4 members (excludes halogenated alkanes) is 8. The van der Waals surface area contributed by atoms with Crippen molar-refractivity contribution < 1.29 is 77.5 Å². The average Bonchev–Trinajstić information content (AvgIpc) is 3.07. The van der Waals surface area contributed by atoms with Crippen LogP contribution in [0.15, 0.2) is 24.3 Å². The first kappa shape index (κ1) is 50.6. The maximum atomic E-state index is 13.1. The van der Waals surface area contributed by atoms with Crippen LogP contribution in [0, 0.1) is 5.92 Å². The van der Waals surface area contributed by atoms with Gasteiger partial charge in [0.25, 0.3) is 0 Å². The van der Waals surface area contributed by atoms with Crippen molar-refractivity contribution in [2.75, 3.05) is 33.0 Å². The number of rotatable bonds is 32. The second kappa shape index (κ2) is 28.1. The molecule has 0 fully saturated rings. The number of aliphatic hydroxyl groups is 1. The Kier molecular flexibility index (Phi) is 26.8. The molecule has 0 aromatic rings. The van der Waals surface area contributed by atoms with Crippen LogP contribution < -0.4 is 0 Å². The fourth-order valence-corrected chi connectivity index (χ4v) is 4.55. The summed E-state index contributed by atoms with van der Waals surface area (Å²) in [5, 5.41) is 9.56. The molecular formula is C36H56F10O7. The van der Waals surface area contributed by atoms with E-state index >= 15 is 0 Å². The Bertz CT molecular complexity index is 984. The van der Waals surface area contributed by atoms with E-state index in [1.807, 2.05) is 0 Å². The van der Waals surface area contributed by atoms with Crippen LogP contribution in [0.2, 0.25) is 0 Å². The van der Waals surface area contributed by atoms with Gasteiger partial charge in [-0.1, -0.05) is 63.3 Å². The topological polar surface area (TPSA) is 91.3 Å². The normalized spacial score (nSPS) is 13.8. The van der Waals surface area contributed by atoms with Gasteiger partial charge in [-0.2, -0.15) is 43.9 Å². The van der Waals surface area contributed by atoms with E-state index in [0.717, 1.165) is 44.9 Å². The molecule has 0 heterocycles. The number of halogens is 10. The first-order valence-corrected chi connectivity index (χ1v) is 18.2. The van der Waals surface area contributed by atoms with Gasteiger partial charge in [0.15, 0.2) is 6.29 Å². The Morgan fingerprint density at radius 3 is 1.53 bits per heavy atom. The van der Waals surface area contributed by atoms with Gasteiger partial charge in [0, 0.05) is 38.9 Å². The minimum absolute atomic E-state index is 0.172. The van der Waals surface area contributed by atoms with E-state index in [-0.39, 0.29) is 19.6 Å². The first-order valence-electron chi connectivity index (χ1n) is 18.2. The van der Waals surface area contributed by atoms with Crippen LogP contribution in [-0.4, -0.2) is 80.6 Å². The van der Waals surface area contributed by atoms with E-state index in [9.17, 15) is 58.6 Å². The van der Waals surface area contributed by atoms with Gasteiger partial charge in [-0.3, -0.25) is 9.59 Å². The van der Waals surface area contributed by atoms with Crippen molar-refractivity contribution in [2.45, 2.75) is 153 Å². The zero-order valence-electron chi connectivity index (χ0n) is 30.4. The van der Waals surface area contributed by atoms with Gasteiger partial charge in [-0.25, -0.2) is 0 Å². The summed E-state index contributed by atoms with van der Waals surface area (Å²) in [6, 6.07) is 0. The lowest BCUT2D eigenvalue weighted by Crippen LogP contribution is -2.36. The number of carbonyl (C=O) groups excluding carboxylic acids is 2. The van der Waals surface area contributed by atoms with E-state index in [2.05, 4.69) is 31.2 Å². The molecule has 53 heavy (non-hydrogen) atoms. The molecule has 0 aliphatic rings. The molecule has 0 saturated carbocycles. The lowest BCUT2D eigenvalue weighted by Gasteiger charge is -2.22. The molecule has 0 saturated heterocycles. The number of hydrogen-bond acceptors (Lipinski definition) is 7. The molecule has 17 heteroatoms. The summed E-state index contributed by atoms with van der Waals surface area (Å²) in [6.45, 7) is -0.432. The molecule has 0 amide bonds. The molecule has 0 spiro atoms. The number of aliphatic hydroxyl groups excluding tert-OH is 1. The van der Waals surface area contributed by atoms with Crippen molar-refractivity contribution in [3.05, 3.63) is 24.3 Å². The van der Waals surface area contributed by atoms with Gasteiger partial charge >= 0.3 is 36.1 Å². The lowest BCUT2D eigenvalue weighted by molar-refractivity contribution is -0.286. The minimum atomic E-state index is -5.80. The highest BCUT2D eigenvalue weighted by atomic mass is 19.4. The van der Waals surface area contributed by atoms with E-state index in [0.29, 0.717) is 6.42 Å². The van der Waals surface area contributed by atoms with Crippen molar-refractivity contribution in [3.8, 4) is 0 Å². The predicted molar refractivity (Wildman–Crippen MR) is 177 cm³/mol. The highest BCUT2D eigenvalue weighted by Crippen LogP contribution is 2.39. The zero-order valence-corrected chi connectivity index (χ0v) is 30.4. The summed E-state index contributed by atoms with van der Waals surface area (Å²) in [6.07, 6.45) is 1.17. The summed E-state index contributed by atoms with van der Waals surface area (Å²) in [7, 11) is 0. The molecule has 7 nitrogen and oxygen atoms in total. The summed E-state index contributed by atoms with van der Waals surface area (Å²) in [5.74, 6) is -12.2. The van der Waals surface area contributed by atoms with Crippen molar-refractivity contribution in [3.63, 3.8) is 0 Å². The van der Waals surface area contributed by atoms with Crippen LogP contribution in [0.5, 0.6) is 0 Å². The number of allylic oxidation sites excluding steroid dienone is 4. The molecule has 312 valence electrons. The van der Waals surface area contributed by atoms with Crippen LogP contribution in [0.4, 0.5) is 43.9 Å². The molecule has 1 N–H and O–H groups in total. The summed E-state index contributed by atoms with van der Waals surface area (Å²) in [5.41, 5.74) is 0. The Balaban J connectivity index is 4.45. The monoisotopic (exact) mass is 790 g/mol. The molecule has 0 aliphatic carbocycles. The Morgan fingerprint density at radius 1 is 0.604 bits per heavy atom. The van der Waals surface area contributed by atoms with Crippen LogP contribution in [0.25, 0.3) is 0 Å². The molecule has 0 bridgehead atoms. The quantitative estimate of drug-likeness (QED) is 0.0239. The molecule has 1 atom stereocenters. The van der Waals surface area contributed by atoms with Gasteiger partial charge in [-0.15, -0.1) is 0 Å². The number of ether oxygens (including phenoxy) is 4. The smallest absolute Gasteiger partial charge is 0.453 e. The van der Waals surface area contributed by atoms with Gasteiger partial charge in [0.1, 0.15) is 0 Å². The largest absolute Gasteiger partial charge is 0.465 e. The third-order valence-electron chi connectivity index (χ3n) is 7.84. The third kappa shape index (κ3) is 26.1. The van der Waals surface area contributed by atoms with Gasteiger partial charge in [-0.05, 0) is 51.4 Å². The lowest BCUT2D eigenvalue weighted by atomic mass is 10.1. The molecule has 0 aliphatic heterocycles. The number of esters is 2. The second-order valence-electron chi connectivity index (χ2n) is 12.7. The number of carbonyl (C=O) groups is 2. The fourth-order valence-electron chi connectivity index (χ4n) is 4.55. The Morgan fingerprint density at radius 2 is 1.06 bits per heavy atom. The molecule has 0 radical (unpaired) electrons. The van der Waals surface area contributed by atoms with Crippen LogP contribution >= 0.6 is 0 Å². The maximum Gasteiger partial charge on any atom is 0.453 e. The van der Waals surface area contributed by atoms with Crippen molar-refractivity contribution in [1.82, 2.24) is 0 Å². The van der Waals surface area contributed by atoms with Crippen molar-refractivity contribution in [1.29, 1.82) is 0 Å². The standard InChI is InChI=1S/C36H56F10O7/c1-2-3-4-5-6-7-8-9-10-11-12-13-14-15-16-19-30(48)52-27-29(26-47)28-53-31(49)20-21-32(50-24-17-22-33(37,38)35(41,42)43)51-25-18-23-34(39,40)36(44,45)46/h6-7,9-10,29,32,47H,2-5,8,11-28H2,1H3/b7-6-,10-9-. The van der Waals surface area contributed by atoms with Crippen LogP contribution in [0.1, 0.15) is 122 Å². The summed E-state index contributed by atoms with van der Waals surface area (Å²) >= 11 is 0. The first-order chi connectivity index (χ1) is 24.9. The van der Waals surface area contributed by atoms with Crippen LogP contribution in [-0.2, 0) is 28.5 Å². The molecule has 0 aromatic heterocycles. The third-order valence-corrected chi connectivity index (χ3v) is 7.84. The van der Waals surface area contributed by atoms with Crippen molar-refractivity contribution >= 4 is 11.9 Å². The van der Waals surface area contributed by atoms with Gasteiger partial charge in [0.05, 0.1) is 32.2 Å². The average molecular weight is 791 g/mol.